The van der Waals surface area contributed by atoms with E-state index in [1.165, 1.54) is 0 Å². The zero-order valence-electron chi connectivity index (χ0n) is 21.2. The number of carbonyl (C=O) groups excluding carboxylic acids is 2. The number of hydrogen-bond acceptors (Lipinski definition) is 7. The topological polar surface area (TPSA) is 108 Å². The SMILES string of the molecule is Cn1cc(-c2cc(OCC(=O)N3CCCC3)c3c(n2)C2(C=COC2)OC=C3)c2cc(CCNC=O)ncc21. The first-order chi connectivity index (χ1) is 18.6. The zero-order valence-corrected chi connectivity index (χ0v) is 21.2. The van der Waals surface area contributed by atoms with Gasteiger partial charge in [-0.2, -0.15) is 0 Å². The third kappa shape index (κ3) is 4.25. The Morgan fingerprint density at radius 2 is 2.13 bits per heavy atom. The van der Waals surface area contributed by atoms with Crippen LogP contribution in [0.3, 0.4) is 0 Å². The summed E-state index contributed by atoms with van der Waals surface area (Å²) in [5.74, 6) is 0.549. The van der Waals surface area contributed by atoms with Gasteiger partial charge in [-0.05, 0) is 25.0 Å². The number of ether oxygens (including phenoxy) is 3. The molecule has 0 aliphatic carbocycles. The molecule has 0 saturated carbocycles. The molecule has 196 valence electrons. The maximum atomic E-state index is 12.8. The van der Waals surface area contributed by atoms with Gasteiger partial charge >= 0.3 is 0 Å². The average Bonchev–Trinajstić information content (AvgIpc) is 3.69. The van der Waals surface area contributed by atoms with Crippen molar-refractivity contribution in [3.8, 4) is 17.0 Å². The van der Waals surface area contributed by atoms with Crippen LogP contribution in [0.15, 0.2) is 43.1 Å². The monoisotopic (exact) mass is 515 g/mol. The fourth-order valence-electron chi connectivity index (χ4n) is 5.27. The van der Waals surface area contributed by atoms with E-state index in [-0.39, 0.29) is 12.5 Å². The summed E-state index contributed by atoms with van der Waals surface area (Å²) in [6.07, 6.45) is 14.1. The van der Waals surface area contributed by atoms with Crippen LogP contribution in [0, 0.1) is 0 Å². The van der Waals surface area contributed by atoms with Gasteiger partial charge in [-0.25, -0.2) is 4.98 Å². The van der Waals surface area contributed by atoms with Crippen LogP contribution in [0.5, 0.6) is 5.75 Å². The number of fused-ring (bicyclic) bond motifs is 3. The van der Waals surface area contributed by atoms with Gasteiger partial charge < -0.3 is 29.0 Å². The number of pyridine rings is 2. The maximum Gasteiger partial charge on any atom is 0.260 e. The van der Waals surface area contributed by atoms with Gasteiger partial charge in [0, 0.05) is 73.6 Å². The van der Waals surface area contributed by atoms with Crippen LogP contribution in [0.25, 0.3) is 28.2 Å². The Balaban J connectivity index is 1.43. The molecule has 1 atom stereocenters. The Hall–Kier alpha value is -4.34. The van der Waals surface area contributed by atoms with Crippen LogP contribution in [0.4, 0.5) is 0 Å². The molecule has 10 heteroatoms. The molecule has 3 aliphatic rings. The summed E-state index contributed by atoms with van der Waals surface area (Å²) >= 11 is 0. The lowest BCUT2D eigenvalue weighted by atomic mass is 9.93. The normalized spacial score (nSPS) is 19.4. The van der Waals surface area contributed by atoms with E-state index < -0.39 is 5.60 Å². The van der Waals surface area contributed by atoms with Gasteiger partial charge in [-0.1, -0.05) is 0 Å². The van der Waals surface area contributed by atoms with Crippen LogP contribution < -0.4 is 10.1 Å². The number of hydrogen-bond donors (Lipinski definition) is 1. The molecule has 0 bridgehead atoms. The van der Waals surface area contributed by atoms with Crippen LogP contribution in [0.2, 0.25) is 0 Å². The fraction of sp³-hybridized carbons (Fsp3) is 0.357. The minimum absolute atomic E-state index is 0.0192. The van der Waals surface area contributed by atoms with Crippen LogP contribution in [-0.2, 0) is 38.1 Å². The van der Waals surface area contributed by atoms with E-state index in [1.807, 2.05) is 53.2 Å². The van der Waals surface area contributed by atoms with Crippen LogP contribution in [-0.4, -0.2) is 64.6 Å². The first kappa shape index (κ1) is 24.0. The van der Waals surface area contributed by atoms with Crippen molar-refractivity contribution in [2.24, 2.45) is 7.05 Å². The van der Waals surface area contributed by atoms with Crippen molar-refractivity contribution >= 4 is 29.3 Å². The lowest BCUT2D eigenvalue weighted by Crippen LogP contribution is -2.33. The van der Waals surface area contributed by atoms with Crippen molar-refractivity contribution in [1.29, 1.82) is 0 Å². The highest BCUT2D eigenvalue weighted by Crippen LogP contribution is 2.43. The Morgan fingerprint density at radius 3 is 2.92 bits per heavy atom. The lowest BCUT2D eigenvalue weighted by Gasteiger charge is -2.30. The zero-order chi connectivity index (χ0) is 26.1. The Bertz CT molecular complexity index is 1460. The second-order valence-electron chi connectivity index (χ2n) is 9.74. The third-order valence-corrected chi connectivity index (χ3v) is 7.29. The van der Waals surface area contributed by atoms with Crippen molar-refractivity contribution < 1.29 is 23.8 Å². The molecule has 1 saturated heterocycles. The predicted octanol–water partition coefficient (Wildman–Crippen LogP) is 2.67. The molecule has 3 aromatic rings. The van der Waals surface area contributed by atoms with E-state index in [4.69, 9.17) is 19.2 Å². The molecule has 10 nitrogen and oxygen atoms in total. The smallest absolute Gasteiger partial charge is 0.260 e. The lowest BCUT2D eigenvalue weighted by molar-refractivity contribution is -0.132. The average molecular weight is 516 g/mol. The second-order valence-corrected chi connectivity index (χ2v) is 9.74. The molecule has 1 N–H and O–H groups in total. The summed E-state index contributed by atoms with van der Waals surface area (Å²) in [6.45, 7) is 2.30. The molecular weight excluding hydrogens is 486 g/mol. The minimum atomic E-state index is -0.866. The maximum absolute atomic E-state index is 12.8. The molecule has 1 spiro atoms. The molecule has 0 radical (unpaired) electrons. The molecule has 1 unspecified atom stereocenters. The second kappa shape index (κ2) is 9.85. The highest BCUT2D eigenvalue weighted by atomic mass is 16.5. The molecule has 0 aromatic carbocycles. The van der Waals surface area contributed by atoms with Gasteiger partial charge in [0.1, 0.15) is 18.1 Å². The van der Waals surface area contributed by atoms with E-state index in [0.717, 1.165) is 53.7 Å². The quantitative estimate of drug-likeness (QED) is 0.363. The molecule has 2 amide bonds. The van der Waals surface area contributed by atoms with Crippen molar-refractivity contribution in [1.82, 2.24) is 24.8 Å². The number of amides is 2. The van der Waals surface area contributed by atoms with Gasteiger partial charge in [0.2, 0.25) is 12.0 Å². The van der Waals surface area contributed by atoms with E-state index in [9.17, 15) is 9.59 Å². The van der Waals surface area contributed by atoms with Gasteiger partial charge in [-0.3, -0.25) is 14.6 Å². The molecule has 1 fully saturated rings. The standard InChI is InChI=1S/C28H29N5O5/c1-32-15-22(21-12-19(4-7-29-18-34)30-14-24(21)32)23-13-25(37-16-26(35)33-8-2-3-9-33)20-5-10-38-28(27(20)31-23)6-11-36-17-28/h5-6,10-15,18H,2-4,7-9,16-17H2,1H3,(H,29,34). The summed E-state index contributed by atoms with van der Waals surface area (Å²) < 4.78 is 19.8. The number of nitrogens with zero attached hydrogens (tertiary/aromatic N) is 4. The fourth-order valence-corrected chi connectivity index (χ4v) is 5.27. The van der Waals surface area contributed by atoms with E-state index in [0.29, 0.717) is 43.1 Å². The highest BCUT2D eigenvalue weighted by Gasteiger charge is 2.42. The molecule has 3 aliphatic heterocycles. The van der Waals surface area contributed by atoms with Crippen molar-refractivity contribution in [3.05, 3.63) is 60.1 Å². The first-order valence-corrected chi connectivity index (χ1v) is 12.8. The molecule has 3 aromatic heterocycles. The van der Waals surface area contributed by atoms with Gasteiger partial charge in [-0.15, -0.1) is 0 Å². The van der Waals surface area contributed by atoms with Crippen molar-refractivity contribution in [2.75, 3.05) is 32.8 Å². The van der Waals surface area contributed by atoms with Gasteiger partial charge in [0.05, 0.1) is 29.9 Å². The third-order valence-electron chi connectivity index (χ3n) is 7.29. The Labute approximate surface area is 219 Å². The van der Waals surface area contributed by atoms with Crippen LogP contribution >= 0.6 is 0 Å². The number of carbonyl (C=O) groups is 2. The summed E-state index contributed by atoms with van der Waals surface area (Å²) in [6, 6.07) is 3.92. The number of aromatic nitrogens is 3. The highest BCUT2D eigenvalue weighted by molar-refractivity contribution is 5.95. The predicted molar refractivity (Wildman–Crippen MR) is 140 cm³/mol. The summed E-state index contributed by atoms with van der Waals surface area (Å²) in [7, 11) is 1.96. The number of likely N-dealkylation sites (tertiary alicyclic amines) is 1. The Morgan fingerprint density at radius 1 is 1.26 bits per heavy atom. The molecule has 6 heterocycles. The van der Waals surface area contributed by atoms with Crippen molar-refractivity contribution in [3.63, 3.8) is 0 Å². The van der Waals surface area contributed by atoms with E-state index in [1.54, 1.807) is 12.5 Å². The van der Waals surface area contributed by atoms with E-state index in [2.05, 4.69) is 10.3 Å². The molecular formula is C28H29N5O5. The van der Waals surface area contributed by atoms with E-state index >= 15 is 0 Å². The summed E-state index contributed by atoms with van der Waals surface area (Å²) in [4.78, 5) is 34.9. The summed E-state index contributed by atoms with van der Waals surface area (Å²) in [5.41, 5.74) is 3.99. The molecule has 6 rings (SSSR count). The number of rotatable bonds is 8. The van der Waals surface area contributed by atoms with Gasteiger partial charge in [0.25, 0.3) is 5.91 Å². The van der Waals surface area contributed by atoms with Gasteiger partial charge in [0.15, 0.2) is 6.61 Å². The van der Waals surface area contributed by atoms with Crippen LogP contribution in [0.1, 0.15) is 29.8 Å². The molecule has 38 heavy (non-hydrogen) atoms. The number of aryl methyl sites for hydroxylation is 1. The summed E-state index contributed by atoms with van der Waals surface area (Å²) in [5, 5.41) is 3.67. The number of nitrogens with one attached hydrogen (secondary N) is 1. The minimum Gasteiger partial charge on any atom is -0.496 e. The first-order valence-electron chi connectivity index (χ1n) is 12.8. The largest absolute Gasteiger partial charge is 0.496 e. The van der Waals surface area contributed by atoms with Crippen molar-refractivity contribution in [2.45, 2.75) is 24.9 Å². The Kier molecular flexibility index (Phi) is 6.22.